The summed E-state index contributed by atoms with van der Waals surface area (Å²) in [6.07, 6.45) is 2.16. The van der Waals surface area contributed by atoms with Gasteiger partial charge in [-0.3, -0.25) is 9.59 Å². The maximum Gasteiger partial charge on any atom is 0.244 e. The van der Waals surface area contributed by atoms with Gasteiger partial charge in [-0.1, -0.05) is 0 Å². The molecule has 1 aliphatic heterocycles. The molecule has 2 rings (SSSR count). The van der Waals surface area contributed by atoms with Crippen molar-refractivity contribution in [2.45, 2.75) is 32.7 Å². The number of amides is 1. The Morgan fingerprint density at radius 2 is 1.95 bits per heavy atom. The van der Waals surface area contributed by atoms with Gasteiger partial charge in [0.25, 0.3) is 0 Å². The highest BCUT2D eigenvalue weighted by Crippen LogP contribution is 2.20. The van der Waals surface area contributed by atoms with Crippen LogP contribution in [0.3, 0.4) is 0 Å². The van der Waals surface area contributed by atoms with Crippen LogP contribution >= 0.6 is 0 Å². The van der Waals surface area contributed by atoms with Gasteiger partial charge in [-0.15, -0.1) is 0 Å². The smallest absolute Gasteiger partial charge is 0.244 e. The van der Waals surface area contributed by atoms with Crippen LogP contribution in [0.1, 0.15) is 37.0 Å². The molecular formula is C15H21N3O2. The van der Waals surface area contributed by atoms with Gasteiger partial charge in [0.1, 0.15) is 6.04 Å². The van der Waals surface area contributed by atoms with E-state index in [1.807, 2.05) is 11.8 Å². The summed E-state index contributed by atoms with van der Waals surface area (Å²) in [6.45, 7) is 5.01. The normalized spacial score (nSPS) is 16.0. The highest BCUT2D eigenvalue weighted by atomic mass is 16.2. The molecule has 0 saturated carbocycles. The molecule has 20 heavy (non-hydrogen) atoms. The third kappa shape index (κ3) is 3.10. The highest BCUT2D eigenvalue weighted by molar-refractivity contribution is 5.99. The molecule has 1 heterocycles. The number of anilines is 2. The molecule has 1 amide bonds. The monoisotopic (exact) mass is 275 g/mol. The number of ketones is 1. The molecule has 1 atom stereocenters. The molecule has 0 bridgehead atoms. The molecule has 1 fully saturated rings. The quantitative estimate of drug-likeness (QED) is 0.650. The maximum atomic E-state index is 12.2. The average Bonchev–Trinajstić information content (AvgIpc) is 2.91. The average molecular weight is 275 g/mol. The Morgan fingerprint density at radius 1 is 1.30 bits per heavy atom. The Bertz CT molecular complexity index is 522. The number of nitrogens with one attached hydrogen (secondary N) is 1. The van der Waals surface area contributed by atoms with Gasteiger partial charge >= 0.3 is 0 Å². The number of carbonyl (C=O) groups excluding carboxylic acids is 2. The van der Waals surface area contributed by atoms with Crippen LogP contribution < -0.4 is 11.1 Å². The number of nitrogens with two attached hydrogens (primary N) is 1. The van der Waals surface area contributed by atoms with E-state index >= 15 is 0 Å². The van der Waals surface area contributed by atoms with Crippen molar-refractivity contribution in [3.63, 3.8) is 0 Å². The second-order valence-electron chi connectivity index (χ2n) is 5.26. The molecule has 5 heteroatoms. The molecule has 3 N–H and O–H groups in total. The number of nitrogen functional groups attached to an aromatic ring is 1. The van der Waals surface area contributed by atoms with E-state index in [2.05, 4.69) is 5.32 Å². The van der Waals surface area contributed by atoms with Crippen LogP contribution in [0.2, 0.25) is 0 Å². The fourth-order valence-corrected chi connectivity index (χ4v) is 2.50. The molecule has 1 aromatic rings. The molecule has 1 unspecified atom stereocenters. The van der Waals surface area contributed by atoms with Gasteiger partial charge in [0.05, 0.1) is 0 Å². The summed E-state index contributed by atoms with van der Waals surface area (Å²) in [5.74, 6) is 0.0481. The molecule has 1 saturated heterocycles. The molecular weight excluding hydrogens is 254 g/mol. The number of Topliss-reactive ketones (excluding diaryl/α,β-unsaturated/α-hetero) is 1. The van der Waals surface area contributed by atoms with Gasteiger partial charge in [-0.25, -0.2) is 0 Å². The van der Waals surface area contributed by atoms with Crippen LogP contribution in [0.4, 0.5) is 11.4 Å². The van der Waals surface area contributed by atoms with Gasteiger partial charge in [-0.2, -0.15) is 0 Å². The summed E-state index contributed by atoms with van der Waals surface area (Å²) in [5, 5.41) is 3.14. The molecule has 1 aliphatic rings. The van der Waals surface area contributed by atoms with Crippen molar-refractivity contribution in [3.8, 4) is 0 Å². The minimum Gasteiger partial charge on any atom is -0.398 e. The zero-order valence-electron chi connectivity index (χ0n) is 12.0. The molecule has 0 aromatic heterocycles. The Hall–Kier alpha value is -2.04. The van der Waals surface area contributed by atoms with E-state index in [9.17, 15) is 9.59 Å². The van der Waals surface area contributed by atoms with Crippen molar-refractivity contribution in [1.29, 1.82) is 0 Å². The molecule has 0 aliphatic carbocycles. The zero-order chi connectivity index (χ0) is 14.7. The number of carbonyl (C=O) groups is 2. The predicted octanol–water partition coefficient (Wildman–Crippen LogP) is 1.89. The van der Waals surface area contributed by atoms with Gasteiger partial charge in [-0.05, 0) is 44.9 Å². The lowest BCUT2D eigenvalue weighted by atomic mass is 10.1. The van der Waals surface area contributed by atoms with E-state index < -0.39 is 0 Å². The summed E-state index contributed by atoms with van der Waals surface area (Å²) >= 11 is 0. The van der Waals surface area contributed by atoms with Crippen molar-refractivity contribution < 1.29 is 9.59 Å². The minimum atomic E-state index is -0.296. The third-order valence-corrected chi connectivity index (χ3v) is 3.60. The number of hydrogen-bond donors (Lipinski definition) is 2. The van der Waals surface area contributed by atoms with E-state index in [1.54, 1.807) is 18.2 Å². The van der Waals surface area contributed by atoms with Gasteiger partial charge < -0.3 is 16.0 Å². The number of nitrogens with zero attached hydrogens (tertiary/aromatic N) is 1. The lowest BCUT2D eigenvalue weighted by Gasteiger charge is -2.22. The van der Waals surface area contributed by atoms with Gasteiger partial charge in [0.15, 0.2) is 5.78 Å². The highest BCUT2D eigenvalue weighted by Gasteiger charge is 2.23. The SMILES string of the molecule is CC(=O)c1ccc(NC(C)C(=O)N2CCCC2)cc1N. The van der Waals surface area contributed by atoms with Gasteiger partial charge in [0, 0.05) is 30.0 Å². The Morgan fingerprint density at radius 3 is 2.50 bits per heavy atom. The summed E-state index contributed by atoms with van der Waals surface area (Å²) in [4.78, 5) is 25.4. The van der Waals surface area contributed by atoms with Crippen LogP contribution in [-0.4, -0.2) is 35.7 Å². The summed E-state index contributed by atoms with van der Waals surface area (Å²) < 4.78 is 0. The van der Waals surface area contributed by atoms with Crippen LogP contribution in [0.5, 0.6) is 0 Å². The summed E-state index contributed by atoms with van der Waals surface area (Å²) in [5.41, 5.74) is 7.54. The van der Waals surface area contributed by atoms with Crippen molar-refractivity contribution in [1.82, 2.24) is 4.90 Å². The Kier molecular flexibility index (Phi) is 4.27. The molecule has 108 valence electrons. The van der Waals surface area contributed by atoms with E-state index in [0.717, 1.165) is 31.6 Å². The second-order valence-corrected chi connectivity index (χ2v) is 5.26. The summed E-state index contributed by atoms with van der Waals surface area (Å²) in [7, 11) is 0. The largest absolute Gasteiger partial charge is 0.398 e. The maximum absolute atomic E-state index is 12.2. The zero-order valence-corrected chi connectivity index (χ0v) is 12.0. The van der Waals surface area contributed by atoms with Crippen LogP contribution in [-0.2, 0) is 4.79 Å². The number of likely N-dealkylation sites (tertiary alicyclic amines) is 1. The predicted molar refractivity (Wildman–Crippen MR) is 79.8 cm³/mol. The van der Waals surface area contributed by atoms with E-state index in [4.69, 9.17) is 5.73 Å². The fraction of sp³-hybridized carbons (Fsp3) is 0.467. The summed E-state index contributed by atoms with van der Waals surface area (Å²) in [6, 6.07) is 4.87. The lowest BCUT2D eigenvalue weighted by molar-refractivity contribution is -0.130. The molecule has 0 spiro atoms. The van der Waals surface area contributed by atoms with Crippen molar-refractivity contribution >= 4 is 23.1 Å². The van der Waals surface area contributed by atoms with Gasteiger partial charge in [0.2, 0.25) is 5.91 Å². The Labute approximate surface area is 119 Å². The minimum absolute atomic E-state index is 0.0600. The molecule has 5 nitrogen and oxygen atoms in total. The Balaban J connectivity index is 2.04. The van der Waals surface area contributed by atoms with Crippen LogP contribution in [0.15, 0.2) is 18.2 Å². The van der Waals surface area contributed by atoms with Crippen molar-refractivity contribution in [2.75, 3.05) is 24.1 Å². The number of rotatable bonds is 4. The van der Waals surface area contributed by atoms with Crippen molar-refractivity contribution in [2.24, 2.45) is 0 Å². The van der Waals surface area contributed by atoms with Crippen molar-refractivity contribution in [3.05, 3.63) is 23.8 Å². The molecule has 0 radical (unpaired) electrons. The van der Waals surface area contributed by atoms with E-state index in [0.29, 0.717) is 11.3 Å². The lowest BCUT2D eigenvalue weighted by Crippen LogP contribution is -2.39. The van der Waals surface area contributed by atoms with Crippen LogP contribution in [0, 0.1) is 0 Å². The first-order valence-electron chi connectivity index (χ1n) is 6.95. The fourth-order valence-electron chi connectivity index (χ4n) is 2.50. The topological polar surface area (TPSA) is 75.4 Å². The van der Waals surface area contributed by atoms with E-state index in [1.165, 1.54) is 6.92 Å². The first-order valence-corrected chi connectivity index (χ1v) is 6.95. The third-order valence-electron chi connectivity index (χ3n) is 3.60. The number of hydrogen-bond acceptors (Lipinski definition) is 4. The van der Waals surface area contributed by atoms with E-state index in [-0.39, 0.29) is 17.7 Å². The molecule has 1 aromatic carbocycles. The van der Waals surface area contributed by atoms with Crippen LogP contribution in [0.25, 0.3) is 0 Å². The standard InChI is InChI=1S/C15H21N3O2/c1-10(15(20)18-7-3-4-8-18)17-12-5-6-13(11(2)19)14(16)9-12/h5-6,9-10,17H,3-4,7-8,16H2,1-2H3. The number of benzene rings is 1. The first-order chi connectivity index (χ1) is 9.49. The first kappa shape index (κ1) is 14.4. The second kappa shape index (κ2) is 5.94.